The third kappa shape index (κ3) is 2.47. The van der Waals surface area contributed by atoms with Gasteiger partial charge < -0.3 is 0 Å². The van der Waals surface area contributed by atoms with Gasteiger partial charge in [0.05, 0.1) is 5.71 Å². The van der Waals surface area contributed by atoms with E-state index in [2.05, 4.69) is 55.2 Å². The Morgan fingerprint density at radius 1 is 1.09 bits per heavy atom. The van der Waals surface area contributed by atoms with E-state index in [1.807, 2.05) is 4.68 Å². The van der Waals surface area contributed by atoms with E-state index in [4.69, 9.17) is 5.10 Å². The Morgan fingerprint density at radius 3 is 2.45 bits per heavy atom. The predicted octanol–water partition coefficient (Wildman–Crippen LogP) is 3.81. The van der Waals surface area contributed by atoms with Crippen molar-refractivity contribution in [2.45, 2.75) is 50.1 Å². The molecule has 2 aliphatic rings. The van der Waals surface area contributed by atoms with Crippen molar-refractivity contribution in [3.05, 3.63) is 41.2 Å². The number of benzene rings is 1. The summed E-state index contributed by atoms with van der Waals surface area (Å²) in [6, 6.07) is 8.80. The molecule has 2 aromatic rings. The molecule has 4 rings (SSSR count). The highest BCUT2D eigenvalue weighted by Gasteiger charge is 2.32. The van der Waals surface area contributed by atoms with Gasteiger partial charge in [-0.3, -0.25) is 0 Å². The highest BCUT2D eigenvalue weighted by molar-refractivity contribution is 7.99. The van der Waals surface area contributed by atoms with Gasteiger partial charge in [-0.2, -0.15) is 9.78 Å². The van der Waals surface area contributed by atoms with Crippen molar-refractivity contribution in [1.29, 1.82) is 0 Å². The molecule has 1 aromatic heterocycles. The van der Waals surface area contributed by atoms with Crippen LogP contribution < -0.4 is 0 Å². The normalized spacial score (nSPS) is 18.0. The molecule has 0 amide bonds. The monoisotopic (exact) mass is 312 g/mol. The van der Waals surface area contributed by atoms with Gasteiger partial charge in [-0.1, -0.05) is 56.8 Å². The lowest BCUT2D eigenvalue weighted by Gasteiger charge is -2.20. The second-order valence-corrected chi connectivity index (χ2v) is 8.03. The van der Waals surface area contributed by atoms with Crippen LogP contribution >= 0.6 is 11.8 Å². The average Bonchev–Trinajstić information content (AvgIpc) is 3.26. The summed E-state index contributed by atoms with van der Waals surface area (Å²) in [7, 11) is 0. The van der Waals surface area contributed by atoms with Gasteiger partial charge in [-0.15, -0.1) is 10.2 Å². The van der Waals surface area contributed by atoms with Crippen LogP contribution in [0.15, 0.2) is 34.5 Å². The Balaban J connectivity index is 1.68. The van der Waals surface area contributed by atoms with Crippen molar-refractivity contribution in [2.75, 3.05) is 5.75 Å². The van der Waals surface area contributed by atoms with E-state index in [1.54, 1.807) is 11.8 Å². The maximum absolute atomic E-state index is 4.82. The molecule has 0 N–H and O–H groups in total. The molecular formula is C17H20N4S. The minimum Gasteiger partial charge on any atom is -0.191 e. The minimum atomic E-state index is 0.183. The van der Waals surface area contributed by atoms with Gasteiger partial charge in [0.2, 0.25) is 5.16 Å². The lowest BCUT2D eigenvalue weighted by Crippen LogP contribution is -2.15. The zero-order chi connectivity index (χ0) is 15.3. The van der Waals surface area contributed by atoms with E-state index in [9.17, 15) is 0 Å². The quantitative estimate of drug-likeness (QED) is 0.847. The molecule has 0 unspecified atom stereocenters. The van der Waals surface area contributed by atoms with Gasteiger partial charge in [0.15, 0.2) is 5.82 Å². The van der Waals surface area contributed by atoms with Crippen LogP contribution in [0, 0.1) is 0 Å². The molecular weight excluding hydrogens is 292 g/mol. The van der Waals surface area contributed by atoms with Crippen LogP contribution in [0.3, 0.4) is 0 Å². The smallest absolute Gasteiger partial charge is 0.191 e. The molecule has 1 aliphatic heterocycles. The molecule has 0 atom stereocenters. The molecule has 1 aromatic carbocycles. The first-order valence-electron chi connectivity index (χ1n) is 7.79. The van der Waals surface area contributed by atoms with Crippen LogP contribution in [-0.2, 0) is 5.41 Å². The lowest BCUT2D eigenvalue weighted by atomic mass is 9.86. The molecule has 2 heterocycles. The van der Waals surface area contributed by atoms with Crippen molar-refractivity contribution in [2.24, 2.45) is 5.10 Å². The summed E-state index contributed by atoms with van der Waals surface area (Å²) < 4.78 is 1.96. The zero-order valence-electron chi connectivity index (χ0n) is 13.2. The zero-order valence-corrected chi connectivity index (χ0v) is 14.0. The van der Waals surface area contributed by atoms with Crippen LogP contribution in [0.25, 0.3) is 0 Å². The van der Waals surface area contributed by atoms with Crippen molar-refractivity contribution >= 4 is 17.5 Å². The van der Waals surface area contributed by atoms with Crippen molar-refractivity contribution < 1.29 is 0 Å². The molecule has 1 saturated carbocycles. The number of rotatable bonds is 2. The molecule has 0 saturated heterocycles. The van der Waals surface area contributed by atoms with Crippen LogP contribution in [0.5, 0.6) is 0 Å². The maximum Gasteiger partial charge on any atom is 0.212 e. The first kappa shape index (κ1) is 14.0. The molecule has 114 valence electrons. The molecule has 5 heteroatoms. The Bertz CT molecular complexity index is 733. The SMILES string of the molecule is CC(C)(C)c1ccc(C2=Nn3c(nnc3C3CC3)SC2)cc1. The van der Waals surface area contributed by atoms with Gasteiger partial charge in [0.1, 0.15) is 0 Å². The highest BCUT2D eigenvalue weighted by atomic mass is 32.2. The summed E-state index contributed by atoms with van der Waals surface area (Å²) in [5.41, 5.74) is 3.84. The summed E-state index contributed by atoms with van der Waals surface area (Å²) in [4.78, 5) is 0. The van der Waals surface area contributed by atoms with Gasteiger partial charge in [0.25, 0.3) is 0 Å². The fourth-order valence-electron chi connectivity index (χ4n) is 2.64. The lowest BCUT2D eigenvalue weighted by molar-refractivity contribution is 0.590. The number of hydrogen-bond donors (Lipinski definition) is 0. The van der Waals surface area contributed by atoms with E-state index >= 15 is 0 Å². The van der Waals surface area contributed by atoms with E-state index in [0.29, 0.717) is 5.92 Å². The van der Waals surface area contributed by atoms with Crippen molar-refractivity contribution in [1.82, 2.24) is 14.9 Å². The topological polar surface area (TPSA) is 43.1 Å². The third-order valence-electron chi connectivity index (χ3n) is 4.22. The number of hydrogen-bond acceptors (Lipinski definition) is 4. The van der Waals surface area contributed by atoms with Crippen LogP contribution in [0.4, 0.5) is 0 Å². The van der Waals surface area contributed by atoms with Crippen molar-refractivity contribution in [3.8, 4) is 0 Å². The Labute approximate surface area is 135 Å². The Hall–Kier alpha value is -1.62. The molecule has 0 radical (unpaired) electrons. The Kier molecular flexibility index (Phi) is 3.15. The number of thioether (sulfide) groups is 1. The van der Waals surface area contributed by atoms with Gasteiger partial charge in [0, 0.05) is 11.7 Å². The maximum atomic E-state index is 4.82. The first-order valence-corrected chi connectivity index (χ1v) is 8.78. The second kappa shape index (κ2) is 4.95. The summed E-state index contributed by atoms with van der Waals surface area (Å²) >= 11 is 1.73. The van der Waals surface area contributed by atoms with Gasteiger partial charge in [-0.25, -0.2) is 0 Å². The van der Waals surface area contributed by atoms with Gasteiger partial charge in [-0.05, 0) is 29.4 Å². The summed E-state index contributed by atoms with van der Waals surface area (Å²) in [5, 5.41) is 14.3. The first-order chi connectivity index (χ1) is 10.5. The fourth-order valence-corrected chi connectivity index (χ4v) is 3.49. The summed E-state index contributed by atoms with van der Waals surface area (Å²) in [5.74, 6) is 2.46. The molecule has 1 fully saturated rings. The minimum absolute atomic E-state index is 0.183. The van der Waals surface area contributed by atoms with Crippen LogP contribution in [0.1, 0.15) is 56.5 Å². The standard InChI is InChI=1S/C17H20N4S/c1-17(2,3)13-8-6-11(7-9-13)14-10-22-16-19-18-15(12-4-5-12)21(16)20-14/h6-9,12H,4-5,10H2,1-3H3. The predicted molar refractivity (Wildman–Crippen MR) is 89.8 cm³/mol. The fraction of sp³-hybridized carbons (Fsp3) is 0.471. The summed E-state index contributed by atoms with van der Waals surface area (Å²) in [6.07, 6.45) is 2.43. The Morgan fingerprint density at radius 2 is 1.82 bits per heavy atom. The molecule has 0 spiro atoms. The number of fused-ring (bicyclic) bond motifs is 1. The van der Waals surface area contributed by atoms with E-state index in [-0.39, 0.29) is 5.41 Å². The largest absolute Gasteiger partial charge is 0.212 e. The molecule has 1 aliphatic carbocycles. The van der Waals surface area contributed by atoms with Gasteiger partial charge >= 0.3 is 0 Å². The molecule has 22 heavy (non-hydrogen) atoms. The third-order valence-corrected chi connectivity index (χ3v) is 5.15. The van der Waals surface area contributed by atoms with Crippen LogP contribution in [-0.4, -0.2) is 26.3 Å². The number of aromatic nitrogens is 3. The van der Waals surface area contributed by atoms with E-state index in [0.717, 1.165) is 22.4 Å². The van der Waals surface area contributed by atoms with Crippen LogP contribution in [0.2, 0.25) is 0 Å². The average molecular weight is 312 g/mol. The summed E-state index contributed by atoms with van der Waals surface area (Å²) in [6.45, 7) is 6.71. The number of nitrogens with zero attached hydrogens (tertiary/aromatic N) is 4. The molecule has 0 bridgehead atoms. The van der Waals surface area contributed by atoms with Crippen molar-refractivity contribution in [3.63, 3.8) is 0 Å². The molecule has 4 nitrogen and oxygen atoms in total. The second-order valence-electron chi connectivity index (χ2n) is 7.09. The van der Waals surface area contributed by atoms with E-state index < -0.39 is 0 Å². The van der Waals surface area contributed by atoms with E-state index in [1.165, 1.54) is 24.0 Å². The highest BCUT2D eigenvalue weighted by Crippen LogP contribution is 2.40.